The number of fused-ring (bicyclic) bond motifs is 1. The molecule has 0 N–H and O–H groups in total. The molecule has 0 spiro atoms. The summed E-state index contributed by atoms with van der Waals surface area (Å²) < 4.78 is 9.40. The van der Waals surface area contributed by atoms with Gasteiger partial charge in [0.15, 0.2) is 23.9 Å². The molecule has 0 unspecified atom stereocenters. The highest BCUT2D eigenvalue weighted by atomic mass is 16.5. The monoisotopic (exact) mass is 396 g/mol. The van der Waals surface area contributed by atoms with E-state index in [1.165, 1.54) is 0 Å². The molecule has 0 aliphatic rings. The zero-order valence-electron chi connectivity index (χ0n) is 16.1. The van der Waals surface area contributed by atoms with Crippen molar-refractivity contribution < 1.29 is 4.74 Å². The van der Waals surface area contributed by atoms with Crippen molar-refractivity contribution in [2.45, 2.75) is 13.2 Å². The van der Waals surface area contributed by atoms with Crippen molar-refractivity contribution in [3.63, 3.8) is 0 Å². The highest BCUT2D eigenvalue weighted by Gasteiger charge is 2.16. The lowest BCUT2D eigenvalue weighted by Gasteiger charge is -2.10. The molecule has 147 valence electrons. The van der Waals surface area contributed by atoms with Gasteiger partial charge in [0.2, 0.25) is 5.88 Å². The van der Waals surface area contributed by atoms with E-state index in [0.717, 1.165) is 16.7 Å². The maximum Gasteiger partial charge on any atom is 0.240 e. The fourth-order valence-electron chi connectivity index (χ4n) is 3.15. The second-order valence-electron chi connectivity index (χ2n) is 6.60. The van der Waals surface area contributed by atoms with Crippen molar-refractivity contribution in [3.8, 4) is 28.4 Å². The van der Waals surface area contributed by atoms with Crippen molar-refractivity contribution in [2.75, 3.05) is 0 Å². The number of hydrogen-bond acceptors (Lipinski definition) is 6. The molecule has 0 aliphatic carbocycles. The minimum Gasteiger partial charge on any atom is -0.468 e. The average Bonchev–Trinajstić information content (AvgIpc) is 3.44. The fourth-order valence-corrected chi connectivity index (χ4v) is 3.15. The van der Waals surface area contributed by atoms with E-state index in [1.54, 1.807) is 15.5 Å². The zero-order chi connectivity index (χ0) is 20.3. The van der Waals surface area contributed by atoms with Crippen LogP contribution in [0.3, 0.4) is 0 Å². The molecule has 0 aliphatic heterocycles. The number of hydrogen-bond donors (Lipinski definition) is 0. The number of aromatic nitrogens is 7. The minimum absolute atomic E-state index is 0.189. The van der Waals surface area contributed by atoms with E-state index in [-0.39, 0.29) is 6.61 Å². The molecular weight excluding hydrogens is 378 g/mol. The summed E-state index contributed by atoms with van der Waals surface area (Å²) in [6.07, 6.45) is 1.63. The van der Waals surface area contributed by atoms with Gasteiger partial charge in [-0.05, 0) is 18.6 Å². The summed E-state index contributed by atoms with van der Waals surface area (Å²) >= 11 is 0. The summed E-state index contributed by atoms with van der Waals surface area (Å²) in [5.74, 6) is 1.66. The minimum atomic E-state index is 0.189. The van der Waals surface area contributed by atoms with Crippen LogP contribution in [0.2, 0.25) is 0 Å². The molecule has 3 heterocycles. The largest absolute Gasteiger partial charge is 0.468 e. The lowest BCUT2D eigenvalue weighted by atomic mass is 10.1. The van der Waals surface area contributed by atoms with Crippen molar-refractivity contribution in [2.24, 2.45) is 0 Å². The molecule has 2 aromatic carbocycles. The number of rotatable bonds is 6. The Morgan fingerprint density at radius 3 is 2.30 bits per heavy atom. The Kier molecular flexibility index (Phi) is 4.65. The summed E-state index contributed by atoms with van der Waals surface area (Å²) in [6, 6.07) is 21.7. The molecule has 5 rings (SSSR count). The molecule has 1 radical (unpaired) electrons. The summed E-state index contributed by atoms with van der Waals surface area (Å²) in [5, 5.41) is 17.7. The lowest BCUT2D eigenvalue weighted by molar-refractivity contribution is 0.280. The Balaban J connectivity index is 1.59. The van der Waals surface area contributed by atoms with Crippen LogP contribution in [-0.2, 0) is 13.2 Å². The summed E-state index contributed by atoms with van der Waals surface area (Å²) in [7, 11) is 0. The van der Waals surface area contributed by atoms with Crippen LogP contribution >= 0.6 is 0 Å². The molecule has 0 atom stereocenters. The van der Waals surface area contributed by atoms with Crippen molar-refractivity contribution >= 4 is 5.65 Å². The van der Waals surface area contributed by atoms with Gasteiger partial charge in [0.25, 0.3) is 0 Å². The van der Waals surface area contributed by atoms with Crippen LogP contribution < -0.4 is 4.74 Å². The molecule has 3 aromatic heterocycles. The van der Waals surface area contributed by atoms with E-state index in [1.807, 2.05) is 66.7 Å². The SMILES string of the molecule is [CH2]Cn1cnc(COc2nn3c(-c4ccccc4)nnc3cc2-c2ccccc2)n1. The topological polar surface area (TPSA) is 83.0 Å². The normalized spacial score (nSPS) is 11.1. The van der Waals surface area contributed by atoms with Gasteiger partial charge >= 0.3 is 0 Å². The van der Waals surface area contributed by atoms with E-state index in [2.05, 4.69) is 27.2 Å². The van der Waals surface area contributed by atoms with Crippen LogP contribution in [0.1, 0.15) is 5.82 Å². The van der Waals surface area contributed by atoms with Crippen molar-refractivity contribution in [3.05, 3.63) is 85.8 Å². The highest BCUT2D eigenvalue weighted by molar-refractivity contribution is 5.72. The maximum atomic E-state index is 6.06. The lowest BCUT2D eigenvalue weighted by Crippen LogP contribution is -2.05. The van der Waals surface area contributed by atoms with Crippen LogP contribution in [0, 0.1) is 6.92 Å². The average molecular weight is 396 g/mol. The third-order valence-electron chi connectivity index (χ3n) is 4.63. The van der Waals surface area contributed by atoms with Gasteiger partial charge in [0.05, 0.1) is 0 Å². The standard InChI is InChI=1S/C22H18N7O/c1-2-28-15-23-19(26-28)14-30-22-18(16-9-5-3-6-10-16)13-20-24-25-21(29(20)27-22)17-11-7-4-8-12-17/h3-13,15H,1-2,14H2. The van der Waals surface area contributed by atoms with Gasteiger partial charge in [-0.25, -0.2) is 4.98 Å². The van der Waals surface area contributed by atoms with Crippen molar-refractivity contribution in [1.82, 2.24) is 34.6 Å². The number of nitrogens with zero attached hydrogens (tertiary/aromatic N) is 7. The molecule has 0 saturated carbocycles. The second-order valence-corrected chi connectivity index (χ2v) is 6.60. The predicted octanol–water partition coefficient (Wildman–Crippen LogP) is 3.46. The number of benzene rings is 2. The van der Waals surface area contributed by atoms with Gasteiger partial charge < -0.3 is 4.74 Å². The Hall–Kier alpha value is -4.07. The molecule has 0 saturated heterocycles. The molecule has 8 nitrogen and oxygen atoms in total. The molecule has 0 amide bonds. The van der Waals surface area contributed by atoms with Gasteiger partial charge in [-0.2, -0.15) is 9.61 Å². The van der Waals surface area contributed by atoms with Crippen LogP contribution in [0.5, 0.6) is 5.88 Å². The van der Waals surface area contributed by atoms with Gasteiger partial charge in [-0.15, -0.1) is 15.3 Å². The van der Waals surface area contributed by atoms with Gasteiger partial charge in [-0.1, -0.05) is 60.7 Å². The zero-order valence-corrected chi connectivity index (χ0v) is 16.1. The molecule has 0 bridgehead atoms. The van der Waals surface area contributed by atoms with Gasteiger partial charge in [0, 0.05) is 17.7 Å². The summed E-state index contributed by atoms with van der Waals surface area (Å²) in [4.78, 5) is 4.25. The molecule has 5 aromatic rings. The molecular formula is C22H18N7O. The van der Waals surface area contributed by atoms with Crippen LogP contribution in [0.25, 0.3) is 28.2 Å². The van der Waals surface area contributed by atoms with Gasteiger partial charge in [-0.3, -0.25) is 4.68 Å². The first-order valence-corrected chi connectivity index (χ1v) is 9.49. The Morgan fingerprint density at radius 2 is 1.60 bits per heavy atom. The van der Waals surface area contributed by atoms with E-state index in [9.17, 15) is 0 Å². The third-order valence-corrected chi connectivity index (χ3v) is 4.63. The maximum absolute atomic E-state index is 6.06. The summed E-state index contributed by atoms with van der Waals surface area (Å²) in [6.45, 7) is 4.49. The van der Waals surface area contributed by atoms with E-state index >= 15 is 0 Å². The van der Waals surface area contributed by atoms with E-state index in [0.29, 0.717) is 29.7 Å². The van der Waals surface area contributed by atoms with E-state index < -0.39 is 0 Å². The number of ether oxygens (including phenoxy) is 1. The van der Waals surface area contributed by atoms with Crippen molar-refractivity contribution in [1.29, 1.82) is 0 Å². The Bertz CT molecular complexity index is 1280. The first-order valence-electron chi connectivity index (χ1n) is 9.49. The second kappa shape index (κ2) is 7.75. The van der Waals surface area contributed by atoms with Crippen LogP contribution in [0.4, 0.5) is 0 Å². The Labute approximate surface area is 172 Å². The fraction of sp³-hybridized carbons (Fsp3) is 0.0909. The quantitative estimate of drug-likeness (QED) is 0.437. The van der Waals surface area contributed by atoms with E-state index in [4.69, 9.17) is 9.84 Å². The first kappa shape index (κ1) is 18.0. The Morgan fingerprint density at radius 1 is 0.867 bits per heavy atom. The molecule has 8 heteroatoms. The van der Waals surface area contributed by atoms with Crippen LogP contribution in [-0.4, -0.2) is 34.6 Å². The van der Waals surface area contributed by atoms with Crippen LogP contribution in [0.15, 0.2) is 73.1 Å². The summed E-state index contributed by atoms with van der Waals surface area (Å²) in [5.41, 5.74) is 3.36. The highest BCUT2D eigenvalue weighted by Crippen LogP contribution is 2.30. The predicted molar refractivity (Wildman–Crippen MR) is 111 cm³/mol. The molecule has 30 heavy (non-hydrogen) atoms. The smallest absolute Gasteiger partial charge is 0.240 e. The third kappa shape index (κ3) is 3.39. The van der Waals surface area contributed by atoms with Gasteiger partial charge in [0.1, 0.15) is 6.33 Å². The first-order chi connectivity index (χ1) is 14.8. The molecule has 0 fully saturated rings.